The molecule has 0 aliphatic carbocycles. The Kier molecular flexibility index (Phi) is 5.01. The van der Waals surface area contributed by atoms with Gasteiger partial charge in [-0.25, -0.2) is 0 Å². The predicted octanol–water partition coefficient (Wildman–Crippen LogP) is 2.68. The van der Waals surface area contributed by atoms with E-state index in [4.69, 9.17) is 11.3 Å². The fourth-order valence-electron chi connectivity index (χ4n) is 3.55. The first-order chi connectivity index (χ1) is 11.9. The molecular formula is C19H23GeNO3. The van der Waals surface area contributed by atoms with Crippen molar-refractivity contribution in [1.29, 1.82) is 0 Å². The normalized spacial score (nSPS) is 27.5. The molecule has 0 saturated carbocycles. The average Bonchev–Trinajstić information content (AvgIpc) is 2.57. The van der Waals surface area contributed by atoms with Crippen molar-refractivity contribution < 1.29 is 11.3 Å². The van der Waals surface area contributed by atoms with Crippen molar-refractivity contribution in [3.8, 4) is 0 Å². The van der Waals surface area contributed by atoms with Crippen LogP contribution in [-0.2, 0) is 11.3 Å². The van der Waals surface area contributed by atoms with Gasteiger partial charge < -0.3 is 0 Å². The number of hydrogen-bond donors (Lipinski definition) is 0. The summed E-state index contributed by atoms with van der Waals surface area (Å²) in [4.78, 5) is 2.35. The summed E-state index contributed by atoms with van der Waals surface area (Å²) in [5.41, 5.74) is 2.45. The molecule has 3 aliphatic rings. The standard InChI is InChI=1S/C19H23GeNO3/c1-3-7-17(8-4-1)19(18-9-5-2-6-10-18)20-22-14-11-21(12-15-23-20)13-16-24-20/h1-10,19H,11-16H2. The molecule has 0 radical (unpaired) electrons. The van der Waals surface area contributed by atoms with Gasteiger partial charge in [0.2, 0.25) is 0 Å². The van der Waals surface area contributed by atoms with Crippen molar-refractivity contribution in [2.75, 3.05) is 39.5 Å². The van der Waals surface area contributed by atoms with E-state index >= 15 is 0 Å². The maximum absolute atomic E-state index is 6.41. The number of benzene rings is 2. The first-order valence-corrected chi connectivity index (χ1v) is 12.4. The molecule has 4 nitrogen and oxygen atoms in total. The Hall–Kier alpha value is -1.18. The van der Waals surface area contributed by atoms with E-state index in [2.05, 4.69) is 53.4 Å². The van der Waals surface area contributed by atoms with E-state index in [9.17, 15) is 0 Å². The minimum absolute atomic E-state index is 0.0667. The summed E-state index contributed by atoms with van der Waals surface area (Å²) in [6.45, 7) is 4.98. The van der Waals surface area contributed by atoms with Gasteiger partial charge >= 0.3 is 146 Å². The summed E-state index contributed by atoms with van der Waals surface area (Å²) in [5, 5.41) is 0. The van der Waals surface area contributed by atoms with Crippen molar-refractivity contribution >= 4 is 14.3 Å². The second-order valence-electron chi connectivity index (χ2n) is 6.24. The fraction of sp³-hybridized carbons (Fsp3) is 0.368. The molecule has 2 aromatic carbocycles. The van der Waals surface area contributed by atoms with Crippen LogP contribution in [0.1, 0.15) is 15.9 Å². The van der Waals surface area contributed by atoms with Crippen LogP contribution in [0.2, 0.25) is 0 Å². The fourth-order valence-corrected chi connectivity index (χ4v) is 10.0. The third kappa shape index (κ3) is 3.30. The van der Waals surface area contributed by atoms with Gasteiger partial charge in [0.25, 0.3) is 0 Å². The molecule has 0 spiro atoms. The van der Waals surface area contributed by atoms with E-state index in [-0.39, 0.29) is 4.75 Å². The monoisotopic (exact) mass is 387 g/mol. The number of hydrogen-bond acceptors (Lipinski definition) is 4. The summed E-state index contributed by atoms with van der Waals surface area (Å²) in [6, 6.07) is 21.1. The summed E-state index contributed by atoms with van der Waals surface area (Å²) < 4.78 is 19.3. The average molecular weight is 386 g/mol. The van der Waals surface area contributed by atoms with E-state index in [1.165, 1.54) is 11.1 Å². The second-order valence-corrected chi connectivity index (χ2v) is 11.8. The SMILES string of the molecule is c1ccc([CH](c2ccccc2)[Ge]23[O]CCN(CC[O]2)CC[O]3)cc1. The van der Waals surface area contributed by atoms with E-state index in [1.807, 2.05) is 12.1 Å². The summed E-state index contributed by atoms with van der Waals surface area (Å²) in [6.07, 6.45) is 0. The van der Waals surface area contributed by atoms with Gasteiger partial charge in [0.15, 0.2) is 0 Å². The molecule has 0 N–H and O–H groups in total. The van der Waals surface area contributed by atoms with Crippen molar-refractivity contribution in [2.45, 2.75) is 4.75 Å². The zero-order valence-corrected chi connectivity index (χ0v) is 15.9. The van der Waals surface area contributed by atoms with Gasteiger partial charge in [-0.3, -0.25) is 0 Å². The van der Waals surface area contributed by atoms with Crippen LogP contribution < -0.4 is 0 Å². The predicted molar refractivity (Wildman–Crippen MR) is 94.8 cm³/mol. The van der Waals surface area contributed by atoms with Gasteiger partial charge in [-0.2, -0.15) is 0 Å². The Balaban J connectivity index is 1.79. The molecule has 3 saturated heterocycles. The Bertz CT molecular complexity index is 586. The molecule has 0 aromatic heterocycles. The molecular weight excluding hydrogens is 363 g/mol. The van der Waals surface area contributed by atoms with Crippen LogP contribution in [0, 0.1) is 0 Å². The Morgan fingerprint density at radius 2 is 1.08 bits per heavy atom. The first kappa shape index (κ1) is 16.3. The zero-order valence-electron chi connectivity index (χ0n) is 13.8. The van der Waals surface area contributed by atoms with E-state index in [1.54, 1.807) is 0 Å². The molecule has 24 heavy (non-hydrogen) atoms. The minimum atomic E-state index is -3.50. The van der Waals surface area contributed by atoms with Crippen molar-refractivity contribution in [1.82, 2.24) is 4.90 Å². The van der Waals surface area contributed by atoms with Crippen molar-refractivity contribution in [3.05, 3.63) is 71.8 Å². The third-order valence-corrected chi connectivity index (χ3v) is 11.5. The zero-order chi connectivity index (χ0) is 16.2. The van der Waals surface area contributed by atoms with Gasteiger partial charge in [0.05, 0.1) is 0 Å². The molecule has 5 rings (SSSR count). The topological polar surface area (TPSA) is 30.9 Å². The van der Waals surface area contributed by atoms with Crippen LogP contribution in [0.3, 0.4) is 0 Å². The number of nitrogens with zero attached hydrogens (tertiary/aromatic N) is 1. The van der Waals surface area contributed by atoms with E-state index < -0.39 is 14.3 Å². The van der Waals surface area contributed by atoms with Crippen molar-refractivity contribution in [2.24, 2.45) is 0 Å². The molecule has 2 aromatic rings. The third-order valence-electron chi connectivity index (χ3n) is 4.75. The van der Waals surface area contributed by atoms with Crippen LogP contribution in [0.15, 0.2) is 60.7 Å². The van der Waals surface area contributed by atoms with Crippen molar-refractivity contribution in [3.63, 3.8) is 0 Å². The van der Waals surface area contributed by atoms with Crippen LogP contribution in [0.4, 0.5) is 0 Å². The number of rotatable bonds is 3. The quantitative estimate of drug-likeness (QED) is 0.760. The summed E-state index contributed by atoms with van der Waals surface area (Å²) in [7, 11) is 0. The Labute approximate surface area is 146 Å². The molecule has 3 aliphatic heterocycles. The molecule has 0 unspecified atom stereocenters. The van der Waals surface area contributed by atoms with Crippen LogP contribution in [0.5, 0.6) is 0 Å². The van der Waals surface area contributed by atoms with Gasteiger partial charge in [0.1, 0.15) is 0 Å². The van der Waals surface area contributed by atoms with Gasteiger partial charge in [-0.1, -0.05) is 0 Å². The summed E-state index contributed by atoms with van der Waals surface area (Å²) in [5.74, 6) is 0. The van der Waals surface area contributed by atoms with Gasteiger partial charge in [-0.05, 0) is 0 Å². The molecule has 0 amide bonds. The Morgan fingerprint density at radius 1 is 0.667 bits per heavy atom. The van der Waals surface area contributed by atoms with E-state index in [0.29, 0.717) is 19.8 Å². The summed E-state index contributed by atoms with van der Waals surface area (Å²) >= 11 is -3.50. The number of fused-ring (bicyclic) bond motifs is 6. The van der Waals surface area contributed by atoms with Crippen LogP contribution in [-0.4, -0.2) is 58.6 Å². The molecule has 3 fully saturated rings. The van der Waals surface area contributed by atoms with Crippen LogP contribution in [0.25, 0.3) is 0 Å². The Morgan fingerprint density at radius 3 is 1.50 bits per heavy atom. The molecule has 0 atom stereocenters. The molecule has 3 heterocycles. The molecule has 2 bridgehead atoms. The maximum atomic E-state index is 6.41. The molecule has 126 valence electrons. The first-order valence-electron chi connectivity index (χ1n) is 8.61. The van der Waals surface area contributed by atoms with Gasteiger partial charge in [0, 0.05) is 0 Å². The van der Waals surface area contributed by atoms with E-state index in [0.717, 1.165) is 19.6 Å². The van der Waals surface area contributed by atoms with Crippen LogP contribution >= 0.6 is 0 Å². The second kappa shape index (κ2) is 7.37. The van der Waals surface area contributed by atoms with Gasteiger partial charge in [-0.15, -0.1) is 0 Å². The molecule has 5 heteroatoms.